The van der Waals surface area contributed by atoms with Gasteiger partial charge in [-0.3, -0.25) is 20.4 Å². The molecule has 7 nitrogen and oxygen atoms in total. The molecule has 0 saturated carbocycles. The third-order valence-electron chi connectivity index (χ3n) is 4.13. The fourth-order valence-electron chi connectivity index (χ4n) is 2.58. The normalized spacial score (nSPS) is 10.6. The number of nitrogens with one attached hydrogen (secondary N) is 2. The van der Waals surface area contributed by atoms with E-state index in [1.807, 2.05) is 31.2 Å². The van der Waals surface area contributed by atoms with Crippen molar-refractivity contribution < 1.29 is 14.1 Å². The SMILES string of the molecule is CCc1ccc(-c2nc(C(=O)NNC(=O)c3c(CC)noc3C)cs2)cc1. The fraction of sp³-hybridized carbons (Fsp3) is 0.263. The van der Waals surface area contributed by atoms with Crippen molar-refractivity contribution in [2.24, 2.45) is 0 Å². The highest BCUT2D eigenvalue weighted by atomic mass is 32.1. The number of hydrogen-bond donors (Lipinski definition) is 2. The van der Waals surface area contributed by atoms with Crippen molar-refractivity contribution in [3.05, 3.63) is 57.9 Å². The van der Waals surface area contributed by atoms with Gasteiger partial charge in [0.15, 0.2) is 0 Å². The smallest absolute Gasteiger partial charge is 0.289 e. The van der Waals surface area contributed by atoms with Gasteiger partial charge in [-0.1, -0.05) is 43.3 Å². The van der Waals surface area contributed by atoms with E-state index in [1.165, 1.54) is 16.9 Å². The molecule has 0 fully saturated rings. The average Bonchev–Trinajstić information content (AvgIpc) is 3.32. The van der Waals surface area contributed by atoms with Gasteiger partial charge < -0.3 is 4.52 Å². The number of benzene rings is 1. The van der Waals surface area contributed by atoms with E-state index in [1.54, 1.807) is 12.3 Å². The number of carbonyl (C=O) groups is 2. The first kappa shape index (κ1) is 18.8. The highest BCUT2D eigenvalue weighted by molar-refractivity contribution is 7.13. The number of thiazole rings is 1. The maximum Gasteiger partial charge on any atom is 0.289 e. The van der Waals surface area contributed by atoms with E-state index in [0.29, 0.717) is 23.4 Å². The lowest BCUT2D eigenvalue weighted by atomic mass is 10.1. The maximum atomic E-state index is 12.3. The molecule has 3 aromatic rings. The van der Waals surface area contributed by atoms with Crippen LogP contribution in [0.25, 0.3) is 10.6 Å². The summed E-state index contributed by atoms with van der Waals surface area (Å²) in [5.41, 5.74) is 8.10. The summed E-state index contributed by atoms with van der Waals surface area (Å²) in [7, 11) is 0. The van der Waals surface area contributed by atoms with Gasteiger partial charge >= 0.3 is 0 Å². The van der Waals surface area contributed by atoms with Gasteiger partial charge in [0.1, 0.15) is 22.0 Å². The molecule has 0 saturated heterocycles. The number of rotatable bonds is 5. The molecule has 2 N–H and O–H groups in total. The Balaban J connectivity index is 1.65. The Kier molecular flexibility index (Phi) is 5.66. The van der Waals surface area contributed by atoms with E-state index in [4.69, 9.17) is 4.52 Å². The Labute approximate surface area is 160 Å². The van der Waals surface area contributed by atoms with Crippen LogP contribution in [0.2, 0.25) is 0 Å². The highest BCUT2D eigenvalue weighted by Gasteiger charge is 2.20. The van der Waals surface area contributed by atoms with E-state index in [0.717, 1.165) is 17.0 Å². The van der Waals surface area contributed by atoms with E-state index >= 15 is 0 Å². The Morgan fingerprint density at radius 3 is 2.44 bits per heavy atom. The summed E-state index contributed by atoms with van der Waals surface area (Å²) in [6.45, 7) is 5.62. The van der Waals surface area contributed by atoms with Crippen LogP contribution in [-0.2, 0) is 12.8 Å². The van der Waals surface area contributed by atoms with E-state index in [2.05, 4.69) is 27.9 Å². The molecule has 2 heterocycles. The summed E-state index contributed by atoms with van der Waals surface area (Å²) in [6.07, 6.45) is 1.53. The second kappa shape index (κ2) is 8.13. The number of aryl methyl sites for hydroxylation is 3. The topological polar surface area (TPSA) is 97.1 Å². The van der Waals surface area contributed by atoms with Crippen LogP contribution in [0.3, 0.4) is 0 Å². The summed E-state index contributed by atoms with van der Waals surface area (Å²) in [4.78, 5) is 28.9. The molecule has 3 rings (SSSR count). The lowest BCUT2D eigenvalue weighted by molar-refractivity contribution is 0.0843. The van der Waals surface area contributed by atoms with Crippen LogP contribution in [-0.4, -0.2) is 22.0 Å². The standard InChI is InChI=1S/C19H20N4O3S/c1-4-12-6-8-13(9-7-12)19-20-15(10-27-19)17(24)21-22-18(25)16-11(3)26-23-14(16)5-2/h6-10H,4-5H2,1-3H3,(H,21,24)(H,22,25). The largest absolute Gasteiger partial charge is 0.361 e. The van der Waals surface area contributed by atoms with Crippen LogP contribution < -0.4 is 10.9 Å². The monoisotopic (exact) mass is 384 g/mol. The first-order valence-electron chi connectivity index (χ1n) is 8.64. The van der Waals surface area contributed by atoms with Crippen molar-refractivity contribution >= 4 is 23.2 Å². The molecule has 1 aromatic carbocycles. The van der Waals surface area contributed by atoms with Crippen molar-refractivity contribution in [2.45, 2.75) is 33.6 Å². The van der Waals surface area contributed by atoms with Crippen molar-refractivity contribution in [3.8, 4) is 10.6 Å². The van der Waals surface area contributed by atoms with Crippen molar-refractivity contribution in [3.63, 3.8) is 0 Å². The molecule has 0 aliphatic carbocycles. The van der Waals surface area contributed by atoms with Crippen LogP contribution in [0.15, 0.2) is 34.2 Å². The van der Waals surface area contributed by atoms with Crippen molar-refractivity contribution in [2.75, 3.05) is 0 Å². The number of aromatic nitrogens is 2. The minimum absolute atomic E-state index is 0.243. The average molecular weight is 384 g/mol. The number of nitrogens with zero attached hydrogens (tertiary/aromatic N) is 2. The third-order valence-corrected chi connectivity index (χ3v) is 5.02. The zero-order valence-corrected chi connectivity index (χ0v) is 16.1. The molecular formula is C19H20N4O3S. The van der Waals surface area contributed by atoms with Crippen LogP contribution in [0.1, 0.15) is 51.7 Å². The molecule has 0 aliphatic heterocycles. The van der Waals surface area contributed by atoms with Crippen LogP contribution in [0.4, 0.5) is 0 Å². The van der Waals surface area contributed by atoms with Crippen molar-refractivity contribution in [1.82, 2.24) is 21.0 Å². The Morgan fingerprint density at radius 1 is 1.07 bits per heavy atom. The van der Waals surface area contributed by atoms with Gasteiger partial charge in [-0.25, -0.2) is 4.98 Å². The first-order valence-corrected chi connectivity index (χ1v) is 9.52. The van der Waals surface area contributed by atoms with Gasteiger partial charge in [-0.05, 0) is 25.3 Å². The summed E-state index contributed by atoms with van der Waals surface area (Å²) in [5, 5.41) is 6.24. The van der Waals surface area contributed by atoms with E-state index < -0.39 is 11.8 Å². The Bertz CT molecular complexity index is 960. The Morgan fingerprint density at radius 2 is 1.78 bits per heavy atom. The van der Waals surface area contributed by atoms with Gasteiger partial charge in [0.05, 0.1) is 5.69 Å². The van der Waals surface area contributed by atoms with Crippen LogP contribution >= 0.6 is 11.3 Å². The number of amides is 2. The van der Waals surface area contributed by atoms with Gasteiger partial charge in [-0.2, -0.15) is 0 Å². The Hall–Kier alpha value is -3.00. The zero-order valence-electron chi connectivity index (χ0n) is 15.3. The van der Waals surface area contributed by atoms with E-state index in [-0.39, 0.29) is 5.69 Å². The zero-order chi connectivity index (χ0) is 19.4. The predicted molar refractivity (Wildman–Crippen MR) is 102 cm³/mol. The molecule has 0 aliphatic rings. The summed E-state index contributed by atoms with van der Waals surface area (Å²) in [6, 6.07) is 8.07. The van der Waals surface area contributed by atoms with Gasteiger partial charge in [0, 0.05) is 10.9 Å². The summed E-state index contributed by atoms with van der Waals surface area (Å²) < 4.78 is 5.03. The lowest BCUT2D eigenvalue weighted by Gasteiger charge is -2.05. The predicted octanol–water partition coefficient (Wildman–Crippen LogP) is 3.31. The molecule has 0 spiro atoms. The van der Waals surface area contributed by atoms with Crippen LogP contribution in [0, 0.1) is 6.92 Å². The molecule has 8 heteroatoms. The quantitative estimate of drug-likeness (QED) is 0.658. The molecule has 140 valence electrons. The number of hydrogen-bond acceptors (Lipinski definition) is 6. The lowest BCUT2D eigenvalue weighted by Crippen LogP contribution is -2.42. The van der Waals surface area contributed by atoms with Crippen molar-refractivity contribution in [1.29, 1.82) is 0 Å². The maximum absolute atomic E-state index is 12.3. The summed E-state index contributed by atoms with van der Waals surface area (Å²) >= 11 is 1.38. The molecular weight excluding hydrogens is 364 g/mol. The van der Waals surface area contributed by atoms with Gasteiger partial charge in [-0.15, -0.1) is 11.3 Å². The molecule has 2 aromatic heterocycles. The second-order valence-electron chi connectivity index (χ2n) is 5.91. The highest BCUT2D eigenvalue weighted by Crippen LogP contribution is 2.24. The second-order valence-corrected chi connectivity index (χ2v) is 6.77. The van der Waals surface area contributed by atoms with E-state index in [9.17, 15) is 9.59 Å². The molecule has 2 amide bonds. The number of hydrazine groups is 1. The van der Waals surface area contributed by atoms with Crippen LogP contribution in [0.5, 0.6) is 0 Å². The minimum Gasteiger partial charge on any atom is -0.361 e. The minimum atomic E-state index is -0.483. The first-order chi connectivity index (χ1) is 13.0. The molecule has 0 unspecified atom stereocenters. The van der Waals surface area contributed by atoms with Gasteiger partial charge in [0.2, 0.25) is 0 Å². The number of carbonyl (C=O) groups excluding carboxylic acids is 2. The third kappa shape index (κ3) is 4.06. The molecule has 0 atom stereocenters. The summed E-state index contributed by atoms with van der Waals surface area (Å²) in [5.74, 6) is -0.544. The molecule has 27 heavy (non-hydrogen) atoms. The van der Waals surface area contributed by atoms with Gasteiger partial charge in [0.25, 0.3) is 11.8 Å². The molecule has 0 radical (unpaired) electrons. The molecule has 0 bridgehead atoms. The fourth-order valence-corrected chi connectivity index (χ4v) is 3.39.